The summed E-state index contributed by atoms with van der Waals surface area (Å²) >= 11 is 7.13. The van der Waals surface area contributed by atoms with E-state index in [1.807, 2.05) is 0 Å². The number of amides is 1. The third-order valence-corrected chi connectivity index (χ3v) is 10.1. The van der Waals surface area contributed by atoms with E-state index in [4.69, 9.17) is 11.6 Å². The Balaban J connectivity index is 1.60. The minimum absolute atomic E-state index is 0.00118. The molecule has 6 rings (SSSR count). The van der Waals surface area contributed by atoms with Gasteiger partial charge >= 0.3 is 11.9 Å². The second-order valence-electron chi connectivity index (χ2n) is 11.8. The predicted octanol–water partition coefficient (Wildman–Crippen LogP) is 6.49. The van der Waals surface area contributed by atoms with Gasteiger partial charge in [-0.25, -0.2) is 28.5 Å². The third-order valence-electron chi connectivity index (χ3n) is 8.50. The number of nitrogens with zero attached hydrogens (tertiary/aromatic N) is 7. The van der Waals surface area contributed by atoms with Crippen LogP contribution in [0, 0.1) is 5.92 Å². The second-order valence-corrected chi connectivity index (χ2v) is 13.4. The molecule has 1 amide bonds. The first-order valence-corrected chi connectivity index (χ1v) is 16.4. The highest BCUT2D eigenvalue weighted by Crippen LogP contribution is 2.50. The van der Waals surface area contributed by atoms with E-state index in [0.717, 1.165) is 17.8 Å². The summed E-state index contributed by atoms with van der Waals surface area (Å²) in [6.45, 7) is 7.47. The Kier molecular flexibility index (Phi) is 9.20. The zero-order chi connectivity index (χ0) is 34.5. The molecular weight excluding hydrogens is 677 g/mol. The van der Waals surface area contributed by atoms with E-state index in [0.29, 0.717) is 6.08 Å². The lowest BCUT2D eigenvalue weighted by Crippen LogP contribution is -2.58. The summed E-state index contributed by atoms with van der Waals surface area (Å²) in [5.41, 5.74) is -2.66. The molecule has 0 N–H and O–H groups in total. The van der Waals surface area contributed by atoms with Gasteiger partial charge in [-0.2, -0.15) is 18.2 Å². The number of aromatic nitrogens is 4. The lowest BCUT2D eigenvalue weighted by Gasteiger charge is -2.44. The van der Waals surface area contributed by atoms with Crippen molar-refractivity contribution in [2.75, 3.05) is 23.7 Å². The Morgan fingerprint density at radius 3 is 2.48 bits per heavy atom. The minimum atomic E-state index is -4.99. The monoisotopic (exact) mass is 705 g/mol. The number of rotatable bonds is 5. The molecule has 2 aromatic heterocycles. The number of alkyl halides is 4. The molecule has 9 nitrogen and oxygen atoms in total. The van der Waals surface area contributed by atoms with Gasteiger partial charge in [0.1, 0.15) is 17.5 Å². The smallest absolute Gasteiger partial charge is 0.352 e. The number of aliphatic imine (C=N–C) groups is 1. The highest BCUT2D eigenvalue weighted by molar-refractivity contribution is 7.99. The van der Waals surface area contributed by atoms with Gasteiger partial charge in [-0.3, -0.25) is 9.36 Å². The maximum atomic E-state index is 15.5. The van der Waals surface area contributed by atoms with Gasteiger partial charge in [-0.05, 0) is 44.1 Å². The summed E-state index contributed by atoms with van der Waals surface area (Å²) in [5, 5.41) is -1.35. The molecule has 1 saturated heterocycles. The number of benzene rings is 1. The summed E-state index contributed by atoms with van der Waals surface area (Å²) in [4.78, 5) is 46.5. The number of anilines is 1. The van der Waals surface area contributed by atoms with E-state index < -0.39 is 70.0 Å². The maximum Gasteiger partial charge on any atom is 0.417 e. The van der Waals surface area contributed by atoms with Crippen LogP contribution in [0.15, 0.2) is 69.6 Å². The fourth-order valence-corrected chi connectivity index (χ4v) is 8.02. The average Bonchev–Trinajstić information content (AvgIpc) is 3.23. The second kappa shape index (κ2) is 13.1. The summed E-state index contributed by atoms with van der Waals surface area (Å²) in [6.07, 6.45) is 0.706. The molecular formula is C32H29ClF5N7O2S. The highest BCUT2D eigenvalue weighted by atomic mass is 35.5. The van der Waals surface area contributed by atoms with Crippen LogP contribution in [0.1, 0.15) is 31.4 Å². The Morgan fingerprint density at radius 1 is 1.15 bits per heavy atom. The zero-order valence-corrected chi connectivity index (χ0v) is 27.3. The Morgan fingerprint density at radius 2 is 1.83 bits per heavy atom. The van der Waals surface area contributed by atoms with Crippen molar-refractivity contribution in [2.45, 2.75) is 55.3 Å². The average molecular weight is 706 g/mol. The van der Waals surface area contributed by atoms with E-state index in [9.17, 15) is 14.0 Å². The van der Waals surface area contributed by atoms with Gasteiger partial charge in [-0.1, -0.05) is 6.58 Å². The van der Waals surface area contributed by atoms with Gasteiger partial charge < -0.3 is 9.80 Å². The molecule has 3 aliphatic rings. The lowest BCUT2D eigenvalue weighted by molar-refractivity contribution is -0.137. The standard InChI is InChI=1S/C32H29ClF5N7O2S/c1-4-25(46)45-16(2)12-43(13-17(45)3)29-20-8-21(32(36,37)38)26(19-9-22(33)24(35)10-23(19)34)28-27(20)44(31(47)42-29)14-18(15-48-28)11-41-30-39-6-5-7-40-30/h4-8,10-11,16-18,22H,1,9,12-15H2,2-3H3/b41-11-/t16-,17+,18?,22?. The summed E-state index contributed by atoms with van der Waals surface area (Å²) in [7, 11) is 0. The number of halogens is 6. The van der Waals surface area contributed by atoms with Crippen molar-refractivity contribution < 1.29 is 26.7 Å². The summed E-state index contributed by atoms with van der Waals surface area (Å²) in [6, 6.07) is 1.71. The van der Waals surface area contributed by atoms with E-state index in [-0.39, 0.29) is 58.9 Å². The number of thioether (sulfide) groups is 1. The van der Waals surface area contributed by atoms with Crippen LogP contribution in [0.25, 0.3) is 16.5 Å². The van der Waals surface area contributed by atoms with E-state index in [2.05, 4.69) is 26.5 Å². The molecule has 0 saturated carbocycles. The summed E-state index contributed by atoms with van der Waals surface area (Å²) < 4.78 is 76.2. The van der Waals surface area contributed by atoms with Crippen LogP contribution in [0.5, 0.6) is 0 Å². The number of allylic oxidation sites excluding steroid dienone is 4. The van der Waals surface area contributed by atoms with Crippen molar-refractivity contribution in [1.29, 1.82) is 0 Å². The quantitative estimate of drug-likeness (QED) is 0.130. The molecule has 252 valence electrons. The fraction of sp³-hybridized carbons (Fsp3) is 0.375. The predicted molar refractivity (Wildman–Crippen MR) is 175 cm³/mol. The largest absolute Gasteiger partial charge is 0.417 e. The SMILES string of the molecule is C=CC(=O)N1[C@H](C)CN(c2nc(=O)n3c4c(c(C5=C(F)C=C(F)C(Cl)C5)c(C(F)(F)F)cc24)SCC(/C=N\c2ncccn2)C3)C[C@@H]1C. The normalized spacial score (nSPS) is 23.5. The lowest BCUT2D eigenvalue weighted by atomic mass is 9.90. The first kappa shape index (κ1) is 33.8. The van der Waals surface area contributed by atoms with E-state index >= 15 is 17.6 Å². The summed E-state index contributed by atoms with van der Waals surface area (Å²) in [5.74, 6) is -2.65. The van der Waals surface area contributed by atoms with Crippen LogP contribution in [-0.2, 0) is 17.5 Å². The Labute approximate surface area is 280 Å². The number of hydrogen-bond acceptors (Lipinski definition) is 8. The molecule has 2 aliphatic heterocycles. The molecule has 2 unspecified atom stereocenters. The molecule has 4 atom stereocenters. The van der Waals surface area contributed by atoms with Crippen molar-refractivity contribution in [1.82, 2.24) is 24.4 Å². The maximum absolute atomic E-state index is 15.5. The molecule has 3 aromatic rings. The van der Waals surface area contributed by atoms with E-state index in [1.165, 1.54) is 29.3 Å². The van der Waals surface area contributed by atoms with Crippen molar-refractivity contribution in [3.8, 4) is 0 Å². The van der Waals surface area contributed by atoms with E-state index in [1.54, 1.807) is 29.7 Å². The first-order valence-electron chi connectivity index (χ1n) is 15.0. The molecule has 0 spiro atoms. The van der Waals surface area contributed by atoms with Gasteiger partial charge in [0.15, 0.2) is 0 Å². The highest BCUT2D eigenvalue weighted by Gasteiger charge is 2.41. The molecule has 16 heteroatoms. The molecule has 1 aliphatic carbocycles. The molecule has 1 aromatic carbocycles. The fourth-order valence-electron chi connectivity index (χ4n) is 6.49. The van der Waals surface area contributed by atoms with Crippen molar-refractivity contribution in [3.63, 3.8) is 0 Å². The molecule has 0 radical (unpaired) electrons. The number of carbonyl (C=O) groups excluding carboxylic acids is 1. The van der Waals surface area contributed by atoms with Crippen LogP contribution >= 0.6 is 23.4 Å². The topological polar surface area (TPSA) is 96.6 Å². The van der Waals surface area contributed by atoms with Gasteiger partial charge in [0.25, 0.3) is 0 Å². The van der Waals surface area contributed by atoms with Crippen molar-refractivity contribution in [2.24, 2.45) is 10.9 Å². The molecule has 48 heavy (non-hydrogen) atoms. The number of piperazine rings is 1. The van der Waals surface area contributed by atoms with Gasteiger partial charge in [0.2, 0.25) is 11.9 Å². The number of carbonyl (C=O) groups is 1. The molecule has 0 bridgehead atoms. The van der Waals surface area contributed by atoms with Crippen molar-refractivity contribution in [3.05, 3.63) is 76.5 Å². The third kappa shape index (κ3) is 6.25. The Hall–Kier alpha value is -4.11. The van der Waals surface area contributed by atoms with Gasteiger partial charge in [-0.15, -0.1) is 23.4 Å². The minimum Gasteiger partial charge on any atom is -0.352 e. The first-order chi connectivity index (χ1) is 22.8. The Bertz CT molecular complexity index is 1940. The van der Waals surface area contributed by atoms with Crippen LogP contribution in [0.3, 0.4) is 0 Å². The van der Waals surface area contributed by atoms with Crippen LogP contribution in [-0.4, -0.2) is 72.8 Å². The molecule has 1 fully saturated rings. The van der Waals surface area contributed by atoms with Crippen molar-refractivity contribution >= 4 is 63.7 Å². The van der Waals surface area contributed by atoms with Crippen LogP contribution < -0.4 is 10.6 Å². The zero-order valence-electron chi connectivity index (χ0n) is 25.7. The van der Waals surface area contributed by atoms with Gasteiger partial charge in [0, 0.05) is 83.9 Å². The van der Waals surface area contributed by atoms with Crippen LogP contribution in [0.4, 0.5) is 33.7 Å². The molecule has 4 heterocycles. The number of hydrogen-bond donors (Lipinski definition) is 0. The van der Waals surface area contributed by atoms with Crippen LogP contribution in [0.2, 0.25) is 0 Å². The van der Waals surface area contributed by atoms with Gasteiger partial charge in [0.05, 0.1) is 16.5 Å².